The highest BCUT2D eigenvalue weighted by atomic mass is 16.5. The summed E-state index contributed by atoms with van der Waals surface area (Å²) in [6.07, 6.45) is 5.55. The molecule has 7 nitrogen and oxygen atoms in total. The van der Waals surface area contributed by atoms with Gasteiger partial charge in [0.1, 0.15) is 6.61 Å². The van der Waals surface area contributed by atoms with E-state index in [1.807, 2.05) is 43.3 Å². The molecule has 0 spiro atoms. The quantitative estimate of drug-likeness (QED) is 0.458. The normalized spacial score (nSPS) is 19.3. The summed E-state index contributed by atoms with van der Waals surface area (Å²) in [5.41, 5.74) is 4.65. The second-order valence-corrected chi connectivity index (χ2v) is 9.26. The van der Waals surface area contributed by atoms with Crippen molar-refractivity contribution in [2.75, 3.05) is 6.61 Å². The molecule has 2 aliphatic carbocycles. The Morgan fingerprint density at radius 2 is 1.71 bits per heavy atom. The summed E-state index contributed by atoms with van der Waals surface area (Å²) in [4.78, 5) is 36.5. The minimum absolute atomic E-state index is 0.0155. The molecule has 4 rings (SSSR count). The number of ether oxygens (including phenoxy) is 1. The van der Waals surface area contributed by atoms with Crippen LogP contribution in [0.3, 0.4) is 0 Å². The van der Waals surface area contributed by atoms with Gasteiger partial charge in [0, 0.05) is 17.9 Å². The zero-order valence-corrected chi connectivity index (χ0v) is 19.9. The van der Waals surface area contributed by atoms with Crippen LogP contribution in [0.2, 0.25) is 0 Å². The van der Waals surface area contributed by atoms with Crippen molar-refractivity contribution in [2.45, 2.75) is 57.0 Å². The number of carbonyl (C=O) groups is 3. The summed E-state index contributed by atoms with van der Waals surface area (Å²) in [7, 11) is 0. The lowest BCUT2D eigenvalue weighted by molar-refractivity contribution is -0.138. The molecule has 0 heterocycles. The molecule has 0 aliphatic heterocycles. The Bertz CT molecular complexity index is 1070. The minimum atomic E-state index is -0.929. The second kappa shape index (κ2) is 11.2. The molecule has 0 fully saturated rings. The molecular weight excluding hydrogens is 444 g/mol. The molecule has 2 unspecified atom stereocenters. The first-order chi connectivity index (χ1) is 17.0. The van der Waals surface area contributed by atoms with E-state index in [1.165, 1.54) is 11.1 Å². The van der Waals surface area contributed by atoms with E-state index in [1.54, 1.807) is 0 Å². The van der Waals surface area contributed by atoms with Crippen LogP contribution in [0.4, 0.5) is 4.79 Å². The van der Waals surface area contributed by atoms with Crippen molar-refractivity contribution >= 4 is 18.0 Å². The average molecular weight is 477 g/mol. The summed E-state index contributed by atoms with van der Waals surface area (Å²) in [5, 5.41) is 14.8. The summed E-state index contributed by atoms with van der Waals surface area (Å²) in [6.45, 7) is 2.19. The summed E-state index contributed by atoms with van der Waals surface area (Å²) in [5.74, 6) is -1.44. The molecule has 2 aromatic carbocycles. The number of nitrogens with one attached hydrogen (secondary N) is 2. The van der Waals surface area contributed by atoms with Crippen LogP contribution < -0.4 is 10.6 Å². The van der Waals surface area contributed by atoms with Crippen molar-refractivity contribution < 1.29 is 24.2 Å². The van der Waals surface area contributed by atoms with Gasteiger partial charge in [0.2, 0.25) is 5.91 Å². The second-order valence-electron chi connectivity index (χ2n) is 9.26. The van der Waals surface area contributed by atoms with Crippen LogP contribution in [0.1, 0.15) is 56.1 Å². The van der Waals surface area contributed by atoms with E-state index in [0.717, 1.165) is 17.5 Å². The largest absolute Gasteiger partial charge is 0.481 e. The van der Waals surface area contributed by atoms with E-state index < -0.39 is 12.1 Å². The summed E-state index contributed by atoms with van der Waals surface area (Å²) >= 11 is 0. The zero-order valence-electron chi connectivity index (χ0n) is 19.9. The molecule has 2 aliphatic rings. The van der Waals surface area contributed by atoms with Gasteiger partial charge in [0.15, 0.2) is 0 Å². The summed E-state index contributed by atoms with van der Waals surface area (Å²) < 4.78 is 5.63. The predicted molar refractivity (Wildman–Crippen MR) is 133 cm³/mol. The molecule has 7 heteroatoms. The van der Waals surface area contributed by atoms with Gasteiger partial charge in [-0.1, -0.05) is 74.0 Å². The Hall–Kier alpha value is -3.61. The van der Waals surface area contributed by atoms with Crippen molar-refractivity contribution in [2.24, 2.45) is 5.92 Å². The van der Waals surface area contributed by atoms with Gasteiger partial charge in [-0.25, -0.2) is 4.79 Å². The van der Waals surface area contributed by atoms with Crippen LogP contribution in [-0.4, -0.2) is 41.8 Å². The van der Waals surface area contributed by atoms with Crippen molar-refractivity contribution in [3.05, 3.63) is 71.8 Å². The van der Waals surface area contributed by atoms with Gasteiger partial charge in [-0.2, -0.15) is 0 Å². The zero-order chi connectivity index (χ0) is 24.8. The van der Waals surface area contributed by atoms with Crippen molar-refractivity contribution in [1.82, 2.24) is 10.6 Å². The Morgan fingerprint density at radius 3 is 2.34 bits per heavy atom. The highest BCUT2D eigenvalue weighted by Gasteiger charge is 2.30. The molecule has 0 bridgehead atoms. The van der Waals surface area contributed by atoms with Crippen LogP contribution in [0.5, 0.6) is 0 Å². The van der Waals surface area contributed by atoms with Crippen LogP contribution in [0, 0.1) is 5.92 Å². The number of carboxylic acids is 1. The first-order valence-electron chi connectivity index (χ1n) is 12.3. The van der Waals surface area contributed by atoms with Crippen LogP contribution in [-0.2, 0) is 14.3 Å². The topological polar surface area (TPSA) is 105 Å². The van der Waals surface area contributed by atoms with Crippen LogP contribution in [0.15, 0.2) is 60.7 Å². The predicted octanol–water partition coefficient (Wildman–Crippen LogP) is 4.62. The SMILES string of the molecule is CCC[C@H](CC(=O)O)NC(=O)C1CC=CC(NC(=O)OCC2c3ccccc3-c3ccccc32)C1. The number of alkyl carbamates (subject to hydrolysis) is 1. The molecule has 3 atom stereocenters. The number of aliphatic carboxylic acids is 1. The number of carboxylic acid groups (broad SMARTS) is 1. The molecule has 0 saturated heterocycles. The van der Waals surface area contributed by atoms with Gasteiger partial charge in [0.05, 0.1) is 12.5 Å². The van der Waals surface area contributed by atoms with Crippen LogP contribution >= 0.6 is 0 Å². The minimum Gasteiger partial charge on any atom is -0.481 e. The lowest BCUT2D eigenvalue weighted by Gasteiger charge is -2.26. The van der Waals surface area contributed by atoms with Gasteiger partial charge in [-0.05, 0) is 41.5 Å². The molecule has 0 saturated carbocycles. The third-order valence-electron chi connectivity index (χ3n) is 6.75. The van der Waals surface area contributed by atoms with Gasteiger partial charge < -0.3 is 20.5 Å². The maximum atomic E-state index is 12.7. The van der Waals surface area contributed by atoms with E-state index in [-0.39, 0.29) is 42.9 Å². The Morgan fingerprint density at radius 1 is 1.06 bits per heavy atom. The number of hydrogen-bond donors (Lipinski definition) is 3. The fourth-order valence-electron chi connectivity index (χ4n) is 5.10. The lowest BCUT2D eigenvalue weighted by atomic mass is 9.90. The molecule has 35 heavy (non-hydrogen) atoms. The average Bonchev–Trinajstić information content (AvgIpc) is 3.16. The third-order valence-corrected chi connectivity index (χ3v) is 6.75. The smallest absolute Gasteiger partial charge is 0.407 e. The Kier molecular flexibility index (Phi) is 7.85. The van der Waals surface area contributed by atoms with Gasteiger partial charge in [-0.15, -0.1) is 0 Å². The number of fused-ring (bicyclic) bond motifs is 3. The standard InChI is InChI=1S/C28H32N2O5/c1-2-8-19(16-26(31)32)29-27(33)18-9-7-10-20(15-18)30-28(34)35-17-25-23-13-5-3-11-21(23)22-12-4-6-14-24(22)25/h3-7,10-14,18-20,25H,2,8-9,15-17H2,1H3,(H,29,33)(H,30,34)(H,31,32)/t18?,19-,20?/m1/s1. The van der Waals surface area contributed by atoms with E-state index in [2.05, 4.69) is 34.9 Å². The molecule has 0 radical (unpaired) electrons. The highest BCUT2D eigenvalue weighted by molar-refractivity contribution is 5.81. The van der Waals surface area contributed by atoms with E-state index in [4.69, 9.17) is 9.84 Å². The van der Waals surface area contributed by atoms with Gasteiger partial charge in [-0.3, -0.25) is 9.59 Å². The van der Waals surface area contributed by atoms with E-state index in [9.17, 15) is 14.4 Å². The molecule has 0 aromatic heterocycles. The Balaban J connectivity index is 1.31. The van der Waals surface area contributed by atoms with Crippen molar-refractivity contribution in [3.63, 3.8) is 0 Å². The molecule has 2 amide bonds. The molecular formula is C28H32N2O5. The maximum Gasteiger partial charge on any atom is 0.407 e. The fraction of sp³-hybridized carbons (Fsp3) is 0.393. The fourth-order valence-corrected chi connectivity index (χ4v) is 5.10. The molecule has 184 valence electrons. The highest BCUT2D eigenvalue weighted by Crippen LogP contribution is 2.44. The lowest BCUT2D eigenvalue weighted by Crippen LogP contribution is -2.44. The molecule has 2 aromatic rings. The van der Waals surface area contributed by atoms with Crippen LogP contribution in [0.25, 0.3) is 11.1 Å². The number of benzene rings is 2. The van der Waals surface area contributed by atoms with Gasteiger partial charge >= 0.3 is 12.1 Å². The first-order valence-corrected chi connectivity index (χ1v) is 12.3. The Labute approximate surface area is 205 Å². The monoisotopic (exact) mass is 476 g/mol. The van der Waals surface area contributed by atoms with E-state index >= 15 is 0 Å². The van der Waals surface area contributed by atoms with Crippen molar-refractivity contribution in [1.29, 1.82) is 0 Å². The van der Waals surface area contributed by atoms with Crippen molar-refractivity contribution in [3.8, 4) is 11.1 Å². The number of carbonyl (C=O) groups excluding carboxylic acids is 2. The number of allylic oxidation sites excluding steroid dienone is 1. The maximum absolute atomic E-state index is 12.7. The van der Waals surface area contributed by atoms with Gasteiger partial charge in [0.25, 0.3) is 0 Å². The van der Waals surface area contributed by atoms with E-state index in [0.29, 0.717) is 19.3 Å². The number of rotatable bonds is 9. The number of hydrogen-bond acceptors (Lipinski definition) is 4. The third kappa shape index (κ3) is 5.91. The first kappa shape index (κ1) is 24.5. The summed E-state index contributed by atoms with van der Waals surface area (Å²) in [6, 6.07) is 15.6. The molecule has 3 N–H and O–H groups in total. The number of amides is 2.